The molecule has 0 atom stereocenters. The molecule has 1 aliphatic rings. The lowest BCUT2D eigenvalue weighted by molar-refractivity contribution is -0.121. The number of amides is 1. The van der Waals surface area contributed by atoms with Gasteiger partial charge in [0.05, 0.1) is 17.4 Å². The number of benzene rings is 1. The Bertz CT molecular complexity index is 1130. The summed E-state index contributed by atoms with van der Waals surface area (Å²) in [6.45, 7) is 8.81. The predicted molar refractivity (Wildman–Crippen MR) is 133 cm³/mol. The number of azo groups is 1. The van der Waals surface area contributed by atoms with E-state index < -0.39 is 0 Å². The second-order valence-corrected chi connectivity index (χ2v) is 9.67. The molecular weight excluding hydrogens is 424 g/mol. The average Bonchev–Trinajstić information content (AvgIpc) is 2.86. The molecule has 7 heteroatoms. The first-order chi connectivity index (χ1) is 16.3. The molecule has 34 heavy (non-hydrogen) atoms. The number of aromatic nitrogens is 2. The molecule has 1 aliphatic heterocycles. The van der Waals surface area contributed by atoms with Crippen LogP contribution in [0.25, 0.3) is 0 Å². The van der Waals surface area contributed by atoms with Crippen molar-refractivity contribution in [2.75, 3.05) is 0 Å². The van der Waals surface area contributed by atoms with Crippen LogP contribution < -0.4 is 5.43 Å². The Hall–Kier alpha value is -3.74. The minimum atomic E-state index is -0.311. The van der Waals surface area contributed by atoms with E-state index in [1.807, 2.05) is 73.3 Å². The Morgan fingerprint density at radius 1 is 0.794 bits per heavy atom. The van der Waals surface area contributed by atoms with E-state index in [9.17, 15) is 4.79 Å². The molecule has 0 saturated heterocycles. The zero-order chi connectivity index (χ0) is 24.2. The topological polar surface area (TPSA) is 92.0 Å². The van der Waals surface area contributed by atoms with Crippen LogP contribution in [0.15, 0.2) is 88.6 Å². The molecular formula is C27H30N6O. The molecule has 1 aromatic carbocycles. The van der Waals surface area contributed by atoms with Crippen molar-refractivity contribution in [1.29, 1.82) is 0 Å². The normalized spacial score (nSPS) is 14.9. The van der Waals surface area contributed by atoms with Crippen LogP contribution in [-0.2, 0) is 15.6 Å². The SMILES string of the molecule is CC(C)(c1ccncc1)C(N=Nc1ccc(C2=NNC(=O)CC2)cc1)C(C)(C)c1ccncc1. The number of hydrazone groups is 1. The van der Waals surface area contributed by atoms with Crippen molar-refractivity contribution < 1.29 is 4.79 Å². The highest BCUT2D eigenvalue weighted by molar-refractivity contribution is 6.04. The van der Waals surface area contributed by atoms with E-state index in [0.717, 1.165) is 28.1 Å². The predicted octanol–water partition coefficient (Wildman–Crippen LogP) is 5.50. The first kappa shape index (κ1) is 23.4. The largest absolute Gasteiger partial charge is 0.273 e. The quantitative estimate of drug-likeness (QED) is 0.478. The smallest absolute Gasteiger partial charge is 0.240 e. The van der Waals surface area contributed by atoms with Crippen molar-refractivity contribution in [2.24, 2.45) is 15.3 Å². The van der Waals surface area contributed by atoms with Crippen LogP contribution in [0.5, 0.6) is 0 Å². The maximum absolute atomic E-state index is 11.4. The standard InChI is InChI=1S/C27H30N6O/c1-26(2,20-11-15-28-16-12-20)25(27(3,4)21-13-17-29-18-14-21)33-30-22-7-5-19(6-8-22)23-9-10-24(34)32-31-23/h5-8,11-18,25H,9-10H2,1-4H3,(H,32,34). The third-order valence-electron chi connectivity index (χ3n) is 6.61. The third kappa shape index (κ3) is 4.93. The molecule has 2 aromatic heterocycles. The highest BCUT2D eigenvalue weighted by Gasteiger charge is 2.43. The minimum absolute atomic E-state index is 0.0474. The zero-order valence-electron chi connectivity index (χ0n) is 20.1. The lowest BCUT2D eigenvalue weighted by Gasteiger charge is -2.42. The van der Waals surface area contributed by atoms with Crippen LogP contribution >= 0.6 is 0 Å². The van der Waals surface area contributed by atoms with Gasteiger partial charge in [0, 0.05) is 48.5 Å². The number of hydrogen-bond donors (Lipinski definition) is 1. The van der Waals surface area contributed by atoms with Crippen LogP contribution in [0.3, 0.4) is 0 Å². The van der Waals surface area contributed by atoms with Gasteiger partial charge >= 0.3 is 0 Å². The zero-order valence-corrected chi connectivity index (χ0v) is 20.1. The number of hydrogen-bond acceptors (Lipinski definition) is 6. The van der Waals surface area contributed by atoms with Crippen molar-refractivity contribution in [3.63, 3.8) is 0 Å². The summed E-state index contributed by atoms with van der Waals surface area (Å²) in [6.07, 6.45) is 8.37. The van der Waals surface area contributed by atoms with Crippen LogP contribution in [0, 0.1) is 0 Å². The molecule has 0 aliphatic carbocycles. The number of rotatable bonds is 7. The molecule has 7 nitrogen and oxygen atoms in total. The van der Waals surface area contributed by atoms with Gasteiger partial charge in [-0.15, -0.1) is 0 Å². The van der Waals surface area contributed by atoms with Gasteiger partial charge in [-0.25, -0.2) is 5.43 Å². The third-order valence-corrected chi connectivity index (χ3v) is 6.61. The molecule has 4 rings (SSSR count). The highest BCUT2D eigenvalue weighted by atomic mass is 16.2. The maximum Gasteiger partial charge on any atom is 0.240 e. The Morgan fingerprint density at radius 3 is 1.79 bits per heavy atom. The summed E-state index contributed by atoms with van der Waals surface area (Å²) in [5.41, 5.74) is 6.85. The summed E-state index contributed by atoms with van der Waals surface area (Å²) < 4.78 is 0. The van der Waals surface area contributed by atoms with Crippen LogP contribution in [0.4, 0.5) is 5.69 Å². The number of carbonyl (C=O) groups is 1. The van der Waals surface area contributed by atoms with Gasteiger partial charge in [-0.3, -0.25) is 14.8 Å². The van der Waals surface area contributed by atoms with E-state index >= 15 is 0 Å². The Labute approximate surface area is 200 Å². The fourth-order valence-corrected chi connectivity index (χ4v) is 4.60. The summed E-state index contributed by atoms with van der Waals surface area (Å²) in [5.74, 6) is -0.0474. The van der Waals surface area contributed by atoms with Gasteiger partial charge in [0.2, 0.25) is 5.91 Å². The molecule has 0 unspecified atom stereocenters. The van der Waals surface area contributed by atoms with Crippen molar-refractivity contribution in [1.82, 2.24) is 15.4 Å². The molecule has 0 saturated carbocycles. The van der Waals surface area contributed by atoms with Gasteiger partial charge < -0.3 is 0 Å². The molecule has 0 fully saturated rings. The molecule has 3 aromatic rings. The van der Waals surface area contributed by atoms with Crippen molar-refractivity contribution in [3.8, 4) is 0 Å². The monoisotopic (exact) mass is 454 g/mol. The molecule has 3 heterocycles. The summed E-state index contributed by atoms with van der Waals surface area (Å²) in [4.78, 5) is 19.7. The van der Waals surface area contributed by atoms with Gasteiger partial charge in [0.15, 0.2) is 0 Å². The lowest BCUT2D eigenvalue weighted by Crippen LogP contribution is -2.45. The lowest BCUT2D eigenvalue weighted by atomic mass is 9.65. The molecule has 0 bridgehead atoms. The summed E-state index contributed by atoms with van der Waals surface area (Å²) in [5, 5.41) is 13.8. The van der Waals surface area contributed by atoms with Gasteiger partial charge in [0.1, 0.15) is 0 Å². The average molecular weight is 455 g/mol. The van der Waals surface area contributed by atoms with Crippen LogP contribution in [0.1, 0.15) is 57.2 Å². The molecule has 0 spiro atoms. The summed E-state index contributed by atoms with van der Waals surface area (Å²) >= 11 is 0. The second kappa shape index (κ2) is 9.63. The minimum Gasteiger partial charge on any atom is -0.273 e. The van der Waals surface area contributed by atoms with E-state index in [4.69, 9.17) is 5.11 Å². The van der Waals surface area contributed by atoms with E-state index in [2.05, 4.69) is 53.3 Å². The Morgan fingerprint density at radius 2 is 1.32 bits per heavy atom. The van der Waals surface area contributed by atoms with E-state index in [-0.39, 0.29) is 22.8 Å². The first-order valence-electron chi connectivity index (χ1n) is 11.5. The number of pyridine rings is 2. The summed E-state index contributed by atoms with van der Waals surface area (Å²) in [7, 11) is 0. The number of carbonyl (C=O) groups excluding carboxylic acids is 1. The van der Waals surface area contributed by atoms with Gasteiger partial charge in [-0.1, -0.05) is 39.8 Å². The Balaban J connectivity index is 1.66. The fraction of sp³-hybridized carbons (Fsp3) is 0.333. The van der Waals surface area contributed by atoms with E-state index in [1.165, 1.54) is 0 Å². The van der Waals surface area contributed by atoms with Crippen molar-refractivity contribution in [2.45, 2.75) is 57.4 Å². The fourth-order valence-electron chi connectivity index (χ4n) is 4.60. The van der Waals surface area contributed by atoms with Gasteiger partial charge in [-0.05, 0) is 53.1 Å². The van der Waals surface area contributed by atoms with Gasteiger partial charge in [-0.2, -0.15) is 15.3 Å². The molecule has 1 amide bonds. The first-order valence-corrected chi connectivity index (χ1v) is 11.5. The van der Waals surface area contributed by atoms with E-state index in [0.29, 0.717) is 12.8 Å². The number of nitrogens with zero attached hydrogens (tertiary/aromatic N) is 5. The van der Waals surface area contributed by atoms with Crippen LogP contribution in [0.2, 0.25) is 0 Å². The summed E-state index contributed by atoms with van der Waals surface area (Å²) in [6, 6.07) is 15.8. The molecule has 0 radical (unpaired) electrons. The van der Waals surface area contributed by atoms with Crippen LogP contribution in [-0.4, -0.2) is 27.6 Å². The van der Waals surface area contributed by atoms with Gasteiger partial charge in [0.25, 0.3) is 0 Å². The molecule has 1 N–H and O–H groups in total. The Kier molecular flexibility index (Phi) is 6.63. The van der Waals surface area contributed by atoms with Crippen molar-refractivity contribution >= 4 is 17.3 Å². The van der Waals surface area contributed by atoms with E-state index in [1.54, 1.807) is 0 Å². The highest BCUT2D eigenvalue weighted by Crippen LogP contribution is 2.41. The maximum atomic E-state index is 11.4. The molecule has 174 valence electrons. The second-order valence-electron chi connectivity index (χ2n) is 9.67. The van der Waals surface area contributed by atoms with Crippen molar-refractivity contribution in [3.05, 3.63) is 90.0 Å². The number of nitrogens with one attached hydrogen (secondary N) is 1.